The maximum atomic E-state index is 12.1. The van der Waals surface area contributed by atoms with Crippen molar-refractivity contribution in [3.8, 4) is 0 Å². The first-order chi connectivity index (χ1) is 7.86. The summed E-state index contributed by atoms with van der Waals surface area (Å²) in [5, 5.41) is 0. The first kappa shape index (κ1) is 13.8. The van der Waals surface area contributed by atoms with Crippen molar-refractivity contribution in [2.24, 2.45) is 5.73 Å². The highest BCUT2D eigenvalue weighted by Gasteiger charge is 2.30. The summed E-state index contributed by atoms with van der Waals surface area (Å²) in [6.07, 6.45) is 1.58. The van der Waals surface area contributed by atoms with Gasteiger partial charge in [-0.15, -0.1) is 0 Å². The quantitative estimate of drug-likeness (QED) is 0.854. The van der Waals surface area contributed by atoms with E-state index in [1.807, 2.05) is 26.0 Å². The second-order valence-electron chi connectivity index (χ2n) is 4.84. The molecule has 1 amide bonds. The van der Waals surface area contributed by atoms with Gasteiger partial charge in [-0.3, -0.25) is 4.79 Å². The first-order valence-corrected chi connectivity index (χ1v) is 5.96. The topological polar surface area (TPSA) is 59.5 Å². The molecule has 2 N–H and O–H groups in total. The van der Waals surface area contributed by atoms with E-state index in [9.17, 15) is 4.79 Å². The van der Waals surface area contributed by atoms with Crippen LogP contribution in [0.5, 0.6) is 0 Å². The summed E-state index contributed by atoms with van der Waals surface area (Å²) >= 11 is 0. The number of furan rings is 1. The molecule has 17 heavy (non-hydrogen) atoms. The number of hydrogen-bond donors (Lipinski definition) is 1. The van der Waals surface area contributed by atoms with E-state index in [-0.39, 0.29) is 5.91 Å². The fourth-order valence-electron chi connectivity index (χ4n) is 1.94. The van der Waals surface area contributed by atoms with Gasteiger partial charge in [0.1, 0.15) is 11.5 Å². The molecule has 4 heteroatoms. The Hall–Kier alpha value is -1.29. The molecule has 0 radical (unpaired) electrons. The van der Waals surface area contributed by atoms with E-state index in [1.165, 1.54) is 0 Å². The maximum Gasteiger partial charge on any atom is 0.242 e. The number of likely N-dealkylation sites (N-methyl/N-ethyl adjacent to an activating group) is 1. The Labute approximate surface area is 103 Å². The van der Waals surface area contributed by atoms with E-state index in [4.69, 9.17) is 10.2 Å². The molecule has 0 aliphatic rings. The maximum absolute atomic E-state index is 12.1. The first-order valence-electron chi connectivity index (χ1n) is 5.96. The Morgan fingerprint density at radius 2 is 2.18 bits per heavy atom. The third kappa shape index (κ3) is 3.60. The van der Waals surface area contributed by atoms with E-state index in [1.54, 1.807) is 18.9 Å². The zero-order valence-corrected chi connectivity index (χ0v) is 11.1. The van der Waals surface area contributed by atoms with Crippen molar-refractivity contribution in [3.63, 3.8) is 0 Å². The van der Waals surface area contributed by atoms with Gasteiger partial charge in [-0.2, -0.15) is 0 Å². The van der Waals surface area contributed by atoms with Crippen LogP contribution in [0.15, 0.2) is 16.5 Å². The molecule has 0 saturated carbocycles. The highest BCUT2D eigenvalue weighted by atomic mass is 16.3. The van der Waals surface area contributed by atoms with Crippen molar-refractivity contribution >= 4 is 5.91 Å². The summed E-state index contributed by atoms with van der Waals surface area (Å²) < 4.78 is 5.44. The van der Waals surface area contributed by atoms with Crippen LogP contribution in [0.1, 0.15) is 38.2 Å². The van der Waals surface area contributed by atoms with Crippen LogP contribution < -0.4 is 5.73 Å². The lowest BCUT2D eigenvalue weighted by Gasteiger charge is -2.28. The number of rotatable bonds is 5. The molecule has 0 aliphatic heterocycles. The largest absolute Gasteiger partial charge is 0.464 e. The Morgan fingerprint density at radius 3 is 2.65 bits per heavy atom. The second-order valence-corrected chi connectivity index (χ2v) is 4.84. The molecule has 96 valence electrons. The Morgan fingerprint density at radius 1 is 1.53 bits per heavy atom. The predicted octanol–water partition coefficient (Wildman–Crippen LogP) is 2.06. The summed E-state index contributed by atoms with van der Waals surface area (Å²) in [4.78, 5) is 13.7. The summed E-state index contributed by atoms with van der Waals surface area (Å²) in [5.74, 6) is 1.59. The van der Waals surface area contributed by atoms with Crippen LogP contribution in [0.2, 0.25) is 0 Å². The number of carbonyl (C=O) groups excluding carboxylic acids is 1. The average molecular weight is 238 g/mol. The van der Waals surface area contributed by atoms with Gasteiger partial charge in [-0.05, 0) is 32.4 Å². The van der Waals surface area contributed by atoms with Crippen molar-refractivity contribution in [2.45, 2.75) is 45.7 Å². The Kier molecular flexibility index (Phi) is 4.34. The average Bonchev–Trinajstić information content (AvgIpc) is 2.62. The number of nitrogens with two attached hydrogens (primary N) is 1. The molecule has 0 bridgehead atoms. The minimum Gasteiger partial charge on any atom is -0.464 e. The molecule has 0 aliphatic carbocycles. The van der Waals surface area contributed by atoms with Crippen molar-refractivity contribution in [1.82, 2.24) is 4.90 Å². The van der Waals surface area contributed by atoms with Crippen LogP contribution >= 0.6 is 0 Å². The van der Waals surface area contributed by atoms with E-state index in [0.717, 1.165) is 17.9 Å². The molecular weight excluding hydrogens is 216 g/mol. The van der Waals surface area contributed by atoms with Crippen LogP contribution in [-0.4, -0.2) is 23.4 Å². The van der Waals surface area contributed by atoms with E-state index in [2.05, 4.69) is 0 Å². The van der Waals surface area contributed by atoms with Gasteiger partial charge in [0.25, 0.3) is 0 Å². The number of amides is 1. The second kappa shape index (κ2) is 5.36. The molecule has 0 saturated heterocycles. The van der Waals surface area contributed by atoms with Crippen molar-refractivity contribution in [2.75, 3.05) is 7.05 Å². The molecule has 4 nitrogen and oxygen atoms in total. The van der Waals surface area contributed by atoms with Gasteiger partial charge in [-0.1, -0.05) is 13.3 Å². The lowest BCUT2D eigenvalue weighted by molar-refractivity contribution is -0.136. The van der Waals surface area contributed by atoms with E-state index in [0.29, 0.717) is 13.0 Å². The fourth-order valence-corrected chi connectivity index (χ4v) is 1.94. The van der Waals surface area contributed by atoms with Crippen molar-refractivity contribution in [3.05, 3.63) is 23.7 Å². The summed E-state index contributed by atoms with van der Waals surface area (Å²) in [7, 11) is 1.75. The Balaban J connectivity index is 2.64. The molecule has 0 fully saturated rings. The van der Waals surface area contributed by atoms with Crippen LogP contribution in [-0.2, 0) is 11.3 Å². The summed E-state index contributed by atoms with van der Waals surface area (Å²) in [6.45, 7) is 6.15. The SMILES string of the molecule is CCCC(C)(N)C(=O)N(C)Cc1ccc(C)o1. The number of aryl methyl sites for hydroxylation is 1. The molecule has 1 aromatic rings. The van der Waals surface area contributed by atoms with Crippen LogP contribution in [0.4, 0.5) is 0 Å². The molecule has 0 spiro atoms. The fraction of sp³-hybridized carbons (Fsp3) is 0.615. The molecule has 1 unspecified atom stereocenters. The van der Waals surface area contributed by atoms with Crippen LogP contribution in [0, 0.1) is 6.92 Å². The zero-order chi connectivity index (χ0) is 13.1. The van der Waals surface area contributed by atoms with Gasteiger partial charge < -0.3 is 15.1 Å². The van der Waals surface area contributed by atoms with Gasteiger partial charge in [0.2, 0.25) is 5.91 Å². The monoisotopic (exact) mass is 238 g/mol. The highest BCUT2D eigenvalue weighted by Crippen LogP contribution is 2.15. The van der Waals surface area contributed by atoms with Crippen LogP contribution in [0.25, 0.3) is 0 Å². The van der Waals surface area contributed by atoms with Crippen molar-refractivity contribution < 1.29 is 9.21 Å². The van der Waals surface area contributed by atoms with E-state index < -0.39 is 5.54 Å². The lowest BCUT2D eigenvalue weighted by atomic mass is 9.96. The number of nitrogens with zero attached hydrogens (tertiary/aromatic N) is 1. The molecule has 0 aromatic carbocycles. The third-order valence-corrected chi connectivity index (χ3v) is 2.79. The Bertz CT molecular complexity index is 383. The normalized spacial score (nSPS) is 14.4. The van der Waals surface area contributed by atoms with Gasteiger partial charge in [0, 0.05) is 7.05 Å². The zero-order valence-electron chi connectivity index (χ0n) is 11.1. The molecule has 1 aromatic heterocycles. The summed E-state index contributed by atoms with van der Waals surface area (Å²) in [5.41, 5.74) is 5.22. The van der Waals surface area contributed by atoms with Crippen LogP contribution in [0.3, 0.4) is 0 Å². The van der Waals surface area contributed by atoms with Crippen molar-refractivity contribution in [1.29, 1.82) is 0 Å². The number of carbonyl (C=O) groups is 1. The third-order valence-electron chi connectivity index (χ3n) is 2.79. The summed E-state index contributed by atoms with van der Waals surface area (Å²) in [6, 6.07) is 3.77. The predicted molar refractivity (Wildman–Crippen MR) is 67.4 cm³/mol. The molecule has 1 heterocycles. The minimum absolute atomic E-state index is 0.0478. The number of hydrogen-bond acceptors (Lipinski definition) is 3. The standard InChI is InChI=1S/C13H22N2O2/c1-5-8-13(3,14)12(16)15(4)9-11-7-6-10(2)17-11/h6-7H,5,8-9,14H2,1-4H3. The van der Waals surface area contributed by atoms with Gasteiger partial charge in [0.15, 0.2) is 0 Å². The molecular formula is C13H22N2O2. The highest BCUT2D eigenvalue weighted by molar-refractivity contribution is 5.85. The minimum atomic E-state index is -0.787. The van der Waals surface area contributed by atoms with Gasteiger partial charge in [0.05, 0.1) is 12.1 Å². The lowest BCUT2D eigenvalue weighted by Crippen LogP contribution is -2.51. The van der Waals surface area contributed by atoms with E-state index >= 15 is 0 Å². The smallest absolute Gasteiger partial charge is 0.242 e. The molecule has 1 rings (SSSR count). The molecule has 1 atom stereocenters. The van der Waals surface area contributed by atoms with Gasteiger partial charge >= 0.3 is 0 Å². The van der Waals surface area contributed by atoms with Gasteiger partial charge in [-0.25, -0.2) is 0 Å².